The molecule has 0 aliphatic carbocycles. The highest BCUT2D eigenvalue weighted by Crippen LogP contribution is 2.29. The molecule has 0 fully saturated rings. The minimum atomic E-state index is -0.227. The van der Waals surface area contributed by atoms with Gasteiger partial charge in [-0.25, -0.2) is 9.97 Å². The maximum absolute atomic E-state index is 12.8. The number of ether oxygens (including phenoxy) is 1. The van der Waals surface area contributed by atoms with E-state index in [9.17, 15) is 4.79 Å². The average Bonchev–Trinajstić information content (AvgIpc) is 2.74. The number of methoxy groups -OCH3 is 1. The van der Waals surface area contributed by atoms with Crippen LogP contribution in [-0.2, 0) is 0 Å². The number of aryl methyl sites for hydroxylation is 1. The fraction of sp³-hybridized carbons (Fsp3) is 0.0870. The number of benzene rings is 3. The second-order valence-electron chi connectivity index (χ2n) is 6.83. The lowest BCUT2D eigenvalue weighted by atomic mass is 9.97. The van der Waals surface area contributed by atoms with Gasteiger partial charge >= 0.3 is 0 Å². The highest BCUT2D eigenvalue weighted by Gasteiger charge is 2.12. The van der Waals surface area contributed by atoms with Gasteiger partial charge in [0.05, 0.1) is 17.6 Å². The predicted molar refractivity (Wildman–Crippen MR) is 120 cm³/mol. The minimum Gasteiger partial charge on any atom is -0.495 e. The molecule has 7 heteroatoms. The molecule has 150 valence electrons. The summed E-state index contributed by atoms with van der Waals surface area (Å²) in [6.07, 6.45) is 1.69. The van der Waals surface area contributed by atoms with Crippen LogP contribution in [0.15, 0.2) is 60.8 Å². The highest BCUT2D eigenvalue weighted by atomic mass is 35.5. The molecule has 0 spiro atoms. The molecule has 0 unspecified atom stereocenters. The molecule has 6 nitrogen and oxygen atoms in total. The van der Waals surface area contributed by atoms with E-state index in [4.69, 9.17) is 22.1 Å². The predicted octanol–water partition coefficient (Wildman–Crippen LogP) is 5.10. The zero-order valence-electron chi connectivity index (χ0n) is 16.4. The number of nitrogen functional groups attached to an aromatic ring is 1. The van der Waals surface area contributed by atoms with Crippen LogP contribution in [0.2, 0.25) is 5.02 Å². The number of hydrogen-bond acceptors (Lipinski definition) is 5. The Balaban J connectivity index is 1.65. The number of rotatable bonds is 4. The van der Waals surface area contributed by atoms with Crippen molar-refractivity contribution in [3.8, 4) is 16.9 Å². The Morgan fingerprint density at radius 1 is 1.10 bits per heavy atom. The Bertz CT molecular complexity index is 1270. The van der Waals surface area contributed by atoms with Crippen molar-refractivity contribution in [3.63, 3.8) is 0 Å². The van der Waals surface area contributed by atoms with Gasteiger partial charge in [0.15, 0.2) is 0 Å². The summed E-state index contributed by atoms with van der Waals surface area (Å²) in [4.78, 5) is 21.1. The van der Waals surface area contributed by atoms with Crippen molar-refractivity contribution in [2.45, 2.75) is 6.92 Å². The smallest absolute Gasteiger partial charge is 0.255 e. The molecule has 0 radical (unpaired) electrons. The Labute approximate surface area is 178 Å². The van der Waals surface area contributed by atoms with E-state index in [1.165, 1.54) is 0 Å². The summed E-state index contributed by atoms with van der Waals surface area (Å²) in [5.74, 6) is 0.562. The Hall–Kier alpha value is -3.64. The van der Waals surface area contributed by atoms with E-state index in [1.807, 2.05) is 37.3 Å². The molecule has 0 aliphatic rings. The maximum atomic E-state index is 12.8. The number of carbonyl (C=O) groups is 1. The first-order valence-electron chi connectivity index (χ1n) is 9.23. The van der Waals surface area contributed by atoms with Crippen molar-refractivity contribution in [1.82, 2.24) is 9.97 Å². The molecule has 3 N–H and O–H groups in total. The van der Waals surface area contributed by atoms with Gasteiger partial charge in [0.2, 0.25) is 5.95 Å². The largest absolute Gasteiger partial charge is 0.495 e. The first-order chi connectivity index (χ1) is 14.4. The maximum Gasteiger partial charge on any atom is 0.255 e. The Morgan fingerprint density at radius 3 is 2.70 bits per heavy atom. The number of anilines is 2. The van der Waals surface area contributed by atoms with Crippen LogP contribution in [0.25, 0.3) is 22.0 Å². The molecule has 30 heavy (non-hydrogen) atoms. The lowest BCUT2D eigenvalue weighted by Gasteiger charge is -2.11. The average molecular weight is 419 g/mol. The van der Waals surface area contributed by atoms with Crippen molar-refractivity contribution in [2.75, 3.05) is 18.2 Å². The highest BCUT2D eigenvalue weighted by molar-refractivity contribution is 6.32. The molecule has 0 saturated carbocycles. The first kappa shape index (κ1) is 19.7. The summed E-state index contributed by atoms with van der Waals surface area (Å²) in [6, 6.07) is 16.5. The fourth-order valence-electron chi connectivity index (χ4n) is 3.24. The lowest BCUT2D eigenvalue weighted by molar-refractivity contribution is 0.102. The SMILES string of the molecule is COc1ccc(NC(=O)c2ccc(C)c(-c3ccc4nc(N)ncc4c3)c2)cc1Cl. The van der Waals surface area contributed by atoms with Crippen molar-refractivity contribution in [3.05, 3.63) is 76.9 Å². The summed E-state index contributed by atoms with van der Waals surface area (Å²) in [5.41, 5.74) is 10.5. The minimum absolute atomic E-state index is 0.227. The van der Waals surface area contributed by atoms with E-state index in [2.05, 4.69) is 15.3 Å². The normalized spacial score (nSPS) is 10.8. The number of hydrogen-bond donors (Lipinski definition) is 2. The third-order valence-corrected chi connectivity index (χ3v) is 5.11. The van der Waals surface area contributed by atoms with E-state index in [0.29, 0.717) is 22.0 Å². The van der Waals surface area contributed by atoms with Gasteiger partial charge in [-0.15, -0.1) is 0 Å². The molecule has 0 bridgehead atoms. The number of nitrogens with one attached hydrogen (secondary N) is 1. The standard InChI is InChI=1S/C23H19ClN4O2/c1-13-3-4-15(22(29)27-17-6-8-21(30-2)19(24)11-17)10-18(13)14-5-7-20-16(9-14)12-26-23(25)28-20/h3-12H,1-2H3,(H,27,29)(H2,25,26,28). The van der Waals surface area contributed by atoms with Gasteiger partial charge in [0.25, 0.3) is 5.91 Å². The second kappa shape index (κ2) is 8.00. The summed E-state index contributed by atoms with van der Waals surface area (Å²) in [6.45, 7) is 2.00. The number of fused-ring (bicyclic) bond motifs is 1. The van der Waals surface area contributed by atoms with Gasteiger partial charge in [0, 0.05) is 22.8 Å². The number of amides is 1. The van der Waals surface area contributed by atoms with Crippen LogP contribution in [0.3, 0.4) is 0 Å². The molecule has 0 atom stereocenters. The van der Waals surface area contributed by atoms with Crippen molar-refractivity contribution in [2.24, 2.45) is 0 Å². The monoisotopic (exact) mass is 418 g/mol. The molecule has 0 saturated heterocycles. The number of nitrogens with zero attached hydrogens (tertiary/aromatic N) is 2. The van der Waals surface area contributed by atoms with Crippen LogP contribution in [-0.4, -0.2) is 23.0 Å². The Kier molecular flexibility index (Phi) is 5.25. The number of halogens is 1. The molecule has 1 heterocycles. The van der Waals surface area contributed by atoms with Crippen LogP contribution in [0.1, 0.15) is 15.9 Å². The van der Waals surface area contributed by atoms with Gasteiger partial charge in [0.1, 0.15) is 5.75 Å². The zero-order valence-corrected chi connectivity index (χ0v) is 17.2. The molecular formula is C23H19ClN4O2. The van der Waals surface area contributed by atoms with Gasteiger partial charge in [-0.1, -0.05) is 23.7 Å². The quantitative estimate of drug-likeness (QED) is 0.481. The van der Waals surface area contributed by atoms with Crippen LogP contribution in [0.5, 0.6) is 5.75 Å². The third kappa shape index (κ3) is 3.90. The fourth-order valence-corrected chi connectivity index (χ4v) is 3.49. The first-order valence-corrected chi connectivity index (χ1v) is 9.60. The van der Waals surface area contributed by atoms with E-state index in [-0.39, 0.29) is 11.9 Å². The molecule has 0 aliphatic heterocycles. The van der Waals surface area contributed by atoms with Crippen LogP contribution in [0.4, 0.5) is 11.6 Å². The summed E-state index contributed by atoms with van der Waals surface area (Å²) in [7, 11) is 1.54. The van der Waals surface area contributed by atoms with Gasteiger partial charge < -0.3 is 15.8 Å². The van der Waals surface area contributed by atoms with E-state index >= 15 is 0 Å². The summed E-state index contributed by atoms with van der Waals surface area (Å²) < 4.78 is 5.14. The third-order valence-electron chi connectivity index (χ3n) is 4.82. The van der Waals surface area contributed by atoms with E-state index < -0.39 is 0 Å². The van der Waals surface area contributed by atoms with Crippen LogP contribution in [0, 0.1) is 6.92 Å². The molecule has 3 aromatic carbocycles. The van der Waals surface area contributed by atoms with E-state index in [1.54, 1.807) is 37.6 Å². The zero-order chi connectivity index (χ0) is 21.3. The van der Waals surface area contributed by atoms with Crippen molar-refractivity contribution < 1.29 is 9.53 Å². The molecular weight excluding hydrogens is 400 g/mol. The molecule has 4 rings (SSSR count). The van der Waals surface area contributed by atoms with Crippen molar-refractivity contribution >= 4 is 40.0 Å². The molecule has 4 aromatic rings. The van der Waals surface area contributed by atoms with Crippen molar-refractivity contribution in [1.29, 1.82) is 0 Å². The number of nitrogens with two attached hydrogens (primary N) is 1. The lowest BCUT2D eigenvalue weighted by Crippen LogP contribution is -2.12. The van der Waals surface area contributed by atoms with E-state index in [0.717, 1.165) is 27.6 Å². The number of aromatic nitrogens is 2. The van der Waals surface area contributed by atoms with Gasteiger partial charge in [-0.3, -0.25) is 4.79 Å². The Morgan fingerprint density at radius 2 is 1.93 bits per heavy atom. The topological polar surface area (TPSA) is 90.1 Å². The van der Waals surface area contributed by atoms with Gasteiger partial charge in [-0.2, -0.15) is 0 Å². The summed E-state index contributed by atoms with van der Waals surface area (Å²) >= 11 is 6.15. The van der Waals surface area contributed by atoms with Gasteiger partial charge in [-0.05, 0) is 66.1 Å². The van der Waals surface area contributed by atoms with Crippen LogP contribution < -0.4 is 15.8 Å². The molecule has 1 amide bonds. The number of carbonyl (C=O) groups excluding carboxylic acids is 1. The van der Waals surface area contributed by atoms with Crippen LogP contribution >= 0.6 is 11.6 Å². The summed E-state index contributed by atoms with van der Waals surface area (Å²) in [5, 5.41) is 4.18. The second-order valence-corrected chi connectivity index (χ2v) is 7.24. The molecule has 1 aromatic heterocycles.